The molecule has 0 aliphatic heterocycles. The van der Waals surface area contributed by atoms with Gasteiger partial charge in [0, 0.05) is 11.6 Å². The molecule has 1 aliphatic rings. The van der Waals surface area contributed by atoms with Crippen LogP contribution in [0, 0.1) is 17.6 Å². The molecule has 1 fully saturated rings. The summed E-state index contributed by atoms with van der Waals surface area (Å²) < 4.78 is 32.3. The Morgan fingerprint density at radius 1 is 1.35 bits per heavy atom. The van der Waals surface area contributed by atoms with Crippen molar-refractivity contribution in [2.45, 2.75) is 51.2 Å². The average molecular weight is 283 g/mol. The highest BCUT2D eigenvalue weighted by atomic mass is 19.1. The van der Waals surface area contributed by atoms with Gasteiger partial charge in [-0.1, -0.05) is 32.3 Å². The maximum absolute atomic E-state index is 13.6. The van der Waals surface area contributed by atoms with Gasteiger partial charge in [-0.15, -0.1) is 0 Å². The van der Waals surface area contributed by atoms with E-state index in [-0.39, 0.29) is 12.7 Å². The molecule has 0 heterocycles. The fraction of sp³-hybridized carbons (Fsp3) is 0.625. The third-order valence-electron chi connectivity index (χ3n) is 4.19. The average Bonchev–Trinajstić information content (AvgIpc) is 2.45. The van der Waals surface area contributed by atoms with Crippen LogP contribution in [0.25, 0.3) is 0 Å². The van der Waals surface area contributed by atoms with Crippen molar-refractivity contribution in [3.05, 3.63) is 35.4 Å². The van der Waals surface area contributed by atoms with Gasteiger partial charge in [0.1, 0.15) is 11.6 Å². The Hall–Kier alpha value is -1.00. The Labute approximate surface area is 119 Å². The molecule has 0 aromatic heterocycles. The predicted molar refractivity (Wildman–Crippen MR) is 75.3 cm³/mol. The minimum atomic E-state index is -0.601. The van der Waals surface area contributed by atoms with E-state index < -0.39 is 17.7 Å². The quantitative estimate of drug-likeness (QED) is 0.888. The van der Waals surface area contributed by atoms with Crippen LogP contribution in [0.1, 0.15) is 50.6 Å². The Bertz CT molecular complexity index is 438. The van der Waals surface area contributed by atoms with Gasteiger partial charge in [0.25, 0.3) is 0 Å². The van der Waals surface area contributed by atoms with Gasteiger partial charge in [-0.3, -0.25) is 0 Å². The van der Waals surface area contributed by atoms with Gasteiger partial charge < -0.3 is 10.5 Å². The molecule has 1 saturated carbocycles. The second-order valence-electron chi connectivity index (χ2n) is 5.67. The second-order valence-corrected chi connectivity index (χ2v) is 5.67. The van der Waals surface area contributed by atoms with Crippen LogP contribution in [0.4, 0.5) is 8.78 Å². The van der Waals surface area contributed by atoms with Crippen molar-refractivity contribution in [2.75, 3.05) is 6.61 Å². The van der Waals surface area contributed by atoms with Gasteiger partial charge in [-0.2, -0.15) is 0 Å². The smallest absolute Gasteiger partial charge is 0.130 e. The molecule has 0 amide bonds. The van der Waals surface area contributed by atoms with E-state index in [2.05, 4.69) is 6.92 Å². The fourth-order valence-corrected chi connectivity index (χ4v) is 2.90. The molecule has 1 aliphatic carbocycles. The van der Waals surface area contributed by atoms with E-state index in [1.165, 1.54) is 31.4 Å². The van der Waals surface area contributed by atoms with Gasteiger partial charge in [-0.25, -0.2) is 8.78 Å². The van der Waals surface area contributed by atoms with Gasteiger partial charge >= 0.3 is 0 Å². The Morgan fingerprint density at radius 3 is 2.85 bits per heavy atom. The summed E-state index contributed by atoms with van der Waals surface area (Å²) in [5.41, 5.74) is 6.26. The highest BCUT2D eigenvalue weighted by molar-refractivity contribution is 5.21. The molecule has 0 bridgehead atoms. The Kier molecular flexibility index (Phi) is 5.49. The molecule has 0 radical (unpaired) electrons. The van der Waals surface area contributed by atoms with Crippen LogP contribution in [0.3, 0.4) is 0 Å². The highest BCUT2D eigenvalue weighted by Gasteiger charge is 2.22. The zero-order valence-electron chi connectivity index (χ0n) is 11.9. The standard InChI is InChI=1S/C16H23F2NO/c1-2-11-4-3-5-13(8-11)20-10-16(19)14-7-6-12(17)9-15(14)18/h6-7,9,11,13,16H,2-5,8,10,19H2,1H3. The lowest BCUT2D eigenvalue weighted by atomic mass is 9.85. The monoisotopic (exact) mass is 283 g/mol. The number of benzene rings is 1. The molecule has 0 saturated heterocycles. The fourth-order valence-electron chi connectivity index (χ4n) is 2.90. The van der Waals surface area contributed by atoms with Crippen molar-refractivity contribution in [3.8, 4) is 0 Å². The van der Waals surface area contributed by atoms with Crippen molar-refractivity contribution in [2.24, 2.45) is 11.7 Å². The third kappa shape index (κ3) is 4.00. The van der Waals surface area contributed by atoms with Crippen LogP contribution in [0.2, 0.25) is 0 Å². The molecule has 1 aromatic rings. The van der Waals surface area contributed by atoms with Crippen LogP contribution >= 0.6 is 0 Å². The molecule has 0 spiro atoms. The first-order valence-corrected chi connectivity index (χ1v) is 7.42. The van der Waals surface area contributed by atoms with Crippen molar-refractivity contribution >= 4 is 0 Å². The molecule has 2 N–H and O–H groups in total. The molecule has 2 nitrogen and oxygen atoms in total. The summed E-state index contributed by atoms with van der Waals surface area (Å²) in [7, 11) is 0. The molecule has 3 atom stereocenters. The highest BCUT2D eigenvalue weighted by Crippen LogP contribution is 2.29. The number of nitrogens with two attached hydrogens (primary N) is 1. The largest absolute Gasteiger partial charge is 0.376 e. The maximum Gasteiger partial charge on any atom is 0.130 e. The molecular weight excluding hydrogens is 260 g/mol. The van der Waals surface area contributed by atoms with Crippen molar-refractivity contribution in [1.29, 1.82) is 0 Å². The molecule has 2 rings (SSSR count). The lowest BCUT2D eigenvalue weighted by molar-refractivity contribution is 0.00526. The first-order chi connectivity index (χ1) is 9.60. The van der Waals surface area contributed by atoms with E-state index >= 15 is 0 Å². The van der Waals surface area contributed by atoms with Crippen molar-refractivity contribution in [1.82, 2.24) is 0 Å². The number of halogens is 2. The number of hydrogen-bond donors (Lipinski definition) is 1. The van der Waals surface area contributed by atoms with Crippen LogP contribution in [-0.2, 0) is 4.74 Å². The van der Waals surface area contributed by atoms with Gasteiger partial charge in [-0.05, 0) is 24.8 Å². The van der Waals surface area contributed by atoms with E-state index in [9.17, 15) is 8.78 Å². The number of rotatable bonds is 5. The van der Waals surface area contributed by atoms with Gasteiger partial charge in [0.2, 0.25) is 0 Å². The van der Waals surface area contributed by atoms with Crippen LogP contribution < -0.4 is 5.73 Å². The summed E-state index contributed by atoms with van der Waals surface area (Å²) in [5, 5.41) is 0. The molecule has 1 aromatic carbocycles. The SMILES string of the molecule is CCC1CCCC(OCC(N)c2ccc(F)cc2F)C1. The van der Waals surface area contributed by atoms with E-state index in [1.807, 2.05) is 0 Å². The maximum atomic E-state index is 13.6. The molecule has 20 heavy (non-hydrogen) atoms. The molecular formula is C16H23F2NO. The van der Waals surface area contributed by atoms with Crippen LogP contribution in [0.5, 0.6) is 0 Å². The Balaban J connectivity index is 1.86. The minimum absolute atomic E-state index is 0.225. The summed E-state index contributed by atoms with van der Waals surface area (Å²) >= 11 is 0. The van der Waals surface area contributed by atoms with E-state index in [0.717, 1.165) is 24.8 Å². The Morgan fingerprint density at radius 2 is 2.15 bits per heavy atom. The summed E-state index contributed by atoms with van der Waals surface area (Å²) in [5.74, 6) is -0.457. The van der Waals surface area contributed by atoms with Crippen molar-refractivity contribution in [3.63, 3.8) is 0 Å². The molecule has 4 heteroatoms. The van der Waals surface area contributed by atoms with Crippen LogP contribution in [-0.4, -0.2) is 12.7 Å². The minimum Gasteiger partial charge on any atom is -0.376 e. The first kappa shape index (κ1) is 15.4. The van der Waals surface area contributed by atoms with E-state index in [4.69, 9.17) is 10.5 Å². The summed E-state index contributed by atoms with van der Waals surface area (Å²) in [4.78, 5) is 0. The van der Waals surface area contributed by atoms with E-state index in [0.29, 0.717) is 5.56 Å². The topological polar surface area (TPSA) is 35.2 Å². The molecule has 112 valence electrons. The second kappa shape index (κ2) is 7.14. The van der Waals surface area contributed by atoms with Gasteiger partial charge in [0.05, 0.1) is 18.8 Å². The lowest BCUT2D eigenvalue weighted by Crippen LogP contribution is -2.27. The normalized spacial score (nSPS) is 24.6. The number of hydrogen-bond acceptors (Lipinski definition) is 2. The summed E-state index contributed by atoms with van der Waals surface area (Å²) in [6, 6.07) is 2.95. The third-order valence-corrected chi connectivity index (χ3v) is 4.19. The molecule has 3 unspecified atom stereocenters. The van der Waals surface area contributed by atoms with Crippen LogP contribution in [0.15, 0.2) is 18.2 Å². The zero-order chi connectivity index (χ0) is 14.5. The number of ether oxygens (including phenoxy) is 1. The van der Waals surface area contributed by atoms with E-state index in [1.54, 1.807) is 0 Å². The summed E-state index contributed by atoms with van der Waals surface area (Å²) in [6.07, 6.45) is 5.98. The predicted octanol–water partition coefficient (Wildman–Crippen LogP) is 3.95. The zero-order valence-corrected chi connectivity index (χ0v) is 11.9. The van der Waals surface area contributed by atoms with Gasteiger partial charge in [0.15, 0.2) is 0 Å². The van der Waals surface area contributed by atoms with Crippen molar-refractivity contribution < 1.29 is 13.5 Å². The first-order valence-electron chi connectivity index (χ1n) is 7.42. The summed E-state index contributed by atoms with van der Waals surface area (Å²) in [6.45, 7) is 2.48. The lowest BCUT2D eigenvalue weighted by Gasteiger charge is -2.29.